The Labute approximate surface area is 98.4 Å². The summed E-state index contributed by atoms with van der Waals surface area (Å²) in [6.45, 7) is 1.86. The SMILES string of the molecule is CCC(CC(=O)O)Nc1cccc([N+](=O)[O-])c1. The van der Waals surface area contributed by atoms with Crippen molar-refractivity contribution in [2.75, 3.05) is 5.32 Å². The van der Waals surface area contributed by atoms with Gasteiger partial charge in [0.15, 0.2) is 0 Å². The first-order chi connectivity index (χ1) is 8.02. The molecule has 0 heterocycles. The molecule has 0 aliphatic heterocycles. The van der Waals surface area contributed by atoms with Crippen molar-refractivity contribution < 1.29 is 14.8 Å². The molecule has 1 unspecified atom stereocenters. The van der Waals surface area contributed by atoms with Gasteiger partial charge in [-0.3, -0.25) is 14.9 Å². The maximum atomic E-state index is 10.6. The van der Waals surface area contributed by atoms with Crippen LogP contribution in [0.25, 0.3) is 0 Å². The molecule has 0 bridgehead atoms. The van der Waals surface area contributed by atoms with Gasteiger partial charge in [0.2, 0.25) is 0 Å². The molecule has 1 rings (SSSR count). The predicted octanol–water partition coefficient (Wildman–Crippen LogP) is 2.26. The number of anilines is 1. The summed E-state index contributed by atoms with van der Waals surface area (Å²) in [5.74, 6) is -0.894. The van der Waals surface area contributed by atoms with Gasteiger partial charge in [-0.2, -0.15) is 0 Å². The van der Waals surface area contributed by atoms with Crippen molar-refractivity contribution in [3.05, 3.63) is 34.4 Å². The van der Waals surface area contributed by atoms with E-state index in [9.17, 15) is 14.9 Å². The predicted molar refractivity (Wildman–Crippen MR) is 63.1 cm³/mol. The second kappa shape index (κ2) is 5.83. The Hall–Kier alpha value is -2.11. The van der Waals surface area contributed by atoms with Crippen LogP contribution in [-0.4, -0.2) is 22.0 Å². The van der Waals surface area contributed by atoms with Crippen LogP contribution in [0.4, 0.5) is 11.4 Å². The number of carboxylic acids is 1. The summed E-state index contributed by atoms with van der Waals surface area (Å²) in [4.78, 5) is 20.7. The lowest BCUT2D eigenvalue weighted by atomic mass is 10.1. The molecule has 0 aliphatic rings. The summed E-state index contributed by atoms with van der Waals surface area (Å²) >= 11 is 0. The summed E-state index contributed by atoms with van der Waals surface area (Å²) < 4.78 is 0. The zero-order valence-corrected chi connectivity index (χ0v) is 9.42. The number of non-ortho nitro benzene ring substituents is 1. The van der Waals surface area contributed by atoms with Crippen LogP contribution in [0.1, 0.15) is 19.8 Å². The lowest BCUT2D eigenvalue weighted by Gasteiger charge is -2.15. The number of hydrogen-bond acceptors (Lipinski definition) is 4. The highest BCUT2D eigenvalue weighted by Gasteiger charge is 2.12. The monoisotopic (exact) mass is 238 g/mol. The van der Waals surface area contributed by atoms with Crippen molar-refractivity contribution in [2.24, 2.45) is 0 Å². The van der Waals surface area contributed by atoms with Gasteiger partial charge in [-0.1, -0.05) is 13.0 Å². The molecular weight excluding hydrogens is 224 g/mol. The number of nitro benzene ring substituents is 1. The summed E-state index contributed by atoms with van der Waals surface area (Å²) in [5.41, 5.74) is 0.549. The minimum atomic E-state index is -0.894. The van der Waals surface area contributed by atoms with Crippen LogP contribution in [0.15, 0.2) is 24.3 Å². The van der Waals surface area contributed by atoms with Crippen molar-refractivity contribution in [1.82, 2.24) is 0 Å². The van der Waals surface area contributed by atoms with Gasteiger partial charge in [0, 0.05) is 23.9 Å². The maximum Gasteiger partial charge on any atom is 0.305 e. The van der Waals surface area contributed by atoms with Crippen molar-refractivity contribution in [2.45, 2.75) is 25.8 Å². The minimum Gasteiger partial charge on any atom is -0.481 e. The second-order valence-electron chi connectivity index (χ2n) is 3.65. The molecule has 2 N–H and O–H groups in total. The highest BCUT2D eigenvalue weighted by atomic mass is 16.6. The van der Waals surface area contributed by atoms with Gasteiger partial charge < -0.3 is 10.4 Å². The molecule has 1 aromatic carbocycles. The van der Waals surface area contributed by atoms with Gasteiger partial charge in [0.05, 0.1) is 11.3 Å². The van der Waals surface area contributed by atoms with Gasteiger partial charge in [-0.15, -0.1) is 0 Å². The fraction of sp³-hybridized carbons (Fsp3) is 0.364. The van der Waals surface area contributed by atoms with E-state index < -0.39 is 10.9 Å². The number of aliphatic carboxylic acids is 1. The zero-order chi connectivity index (χ0) is 12.8. The third-order valence-electron chi connectivity index (χ3n) is 2.34. The normalized spacial score (nSPS) is 11.8. The van der Waals surface area contributed by atoms with Gasteiger partial charge in [0.25, 0.3) is 5.69 Å². The molecule has 0 aliphatic carbocycles. The minimum absolute atomic E-state index is 0.0137. The Bertz CT molecular complexity index is 420. The molecule has 0 amide bonds. The van der Waals surface area contributed by atoms with E-state index in [1.807, 2.05) is 6.92 Å². The molecule has 1 atom stereocenters. The van der Waals surface area contributed by atoms with E-state index in [4.69, 9.17) is 5.11 Å². The number of benzene rings is 1. The zero-order valence-electron chi connectivity index (χ0n) is 9.42. The van der Waals surface area contributed by atoms with E-state index in [1.54, 1.807) is 12.1 Å². The van der Waals surface area contributed by atoms with E-state index >= 15 is 0 Å². The molecule has 0 radical (unpaired) electrons. The molecular formula is C11H14N2O4. The Morgan fingerprint density at radius 2 is 2.29 bits per heavy atom. The van der Waals surface area contributed by atoms with Crippen LogP contribution in [-0.2, 0) is 4.79 Å². The summed E-state index contributed by atoms with van der Waals surface area (Å²) in [6, 6.07) is 5.80. The fourth-order valence-corrected chi connectivity index (χ4v) is 1.45. The lowest BCUT2D eigenvalue weighted by Crippen LogP contribution is -2.22. The van der Waals surface area contributed by atoms with Crippen LogP contribution in [0, 0.1) is 10.1 Å². The number of rotatable bonds is 6. The highest BCUT2D eigenvalue weighted by Crippen LogP contribution is 2.18. The quantitative estimate of drug-likeness (QED) is 0.585. The third-order valence-corrected chi connectivity index (χ3v) is 2.34. The number of nitrogens with one attached hydrogen (secondary N) is 1. The summed E-state index contributed by atoms with van der Waals surface area (Å²) in [5, 5.41) is 22.2. The molecule has 0 fully saturated rings. The highest BCUT2D eigenvalue weighted by molar-refractivity contribution is 5.68. The Morgan fingerprint density at radius 1 is 1.59 bits per heavy atom. The number of hydrogen-bond donors (Lipinski definition) is 2. The molecule has 6 heteroatoms. The molecule has 17 heavy (non-hydrogen) atoms. The van der Waals surface area contributed by atoms with Gasteiger partial charge in [0.1, 0.15) is 0 Å². The van der Waals surface area contributed by atoms with E-state index in [1.165, 1.54) is 12.1 Å². The van der Waals surface area contributed by atoms with Crippen molar-refractivity contribution in [3.63, 3.8) is 0 Å². The molecule has 92 valence electrons. The Balaban J connectivity index is 2.75. The standard InChI is InChI=1S/C11H14N2O4/c1-2-8(7-11(14)15)12-9-4-3-5-10(6-9)13(16)17/h3-6,8,12H,2,7H2,1H3,(H,14,15). The number of nitro groups is 1. The topological polar surface area (TPSA) is 92.5 Å². The Kier molecular flexibility index (Phi) is 4.45. The second-order valence-corrected chi connectivity index (χ2v) is 3.65. The van der Waals surface area contributed by atoms with Crippen molar-refractivity contribution in [1.29, 1.82) is 0 Å². The van der Waals surface area contributed by atoms with Crippen LogP contribution in [0.3, 0.4) is 0 Å². The first-order valence-electron chi connectivity index (χ1n) is 5.25. The smallest absolute Gasteiger partial charge is 0.305 e. The van der Waals surface area contributed by atoms with E-state index in [2.05, 4.69) is 5.32 Å². The van der Waals surface area contributed by atoms with Crippen LogP contribution < -0.4 is 5.32 Å². The average Bonchev–Trinajstić information content (AvgIpc) is 2.28. The largest absolute Gasteiger partial charge is 0.481 e. The molecule has 0 spiro atoms. The molecule has 0 saturated carbocycles. The van der Waals surface area contributed by atoms with Crippen LogP contribution in [0.2, 0.25) is 0 Å². The fourth-order valence-electron chi connectivity index (χ4n) is 1.45. The first kappa shape index (κ1) is 13.0. The number of nitrogens with zero attached hydrogens (tertiary/aromatic N) is 1. The number of carbonyl (C=O) groups is 1. The van der Waals surface area contributed by atoms with Crippen molar-refractivity contribution in [3.8, 4) is 0 Å². The Morgan fingerprint density at radius 3 is 2.82 bits per heavy atom. The van der Waals surface area contributed by atoms with Gasteiger partial charge in [-0.05, 0) is 12.5 Å². The maximum absolute atomic E-state index is 10.6. The van der Waals surface area contributed by atoms with E-state index in [-0.39, 0.29) is 18.2 Å². The van der Waals surface area contributed by atoms with Gasteiger partial charge in [-0.25, -0.2) is 0 Å². The third kappa shape index (κ3) is 4.10. The van der Waals surface area contributed by atoms with Crippen LogP contribution >= 0.6 is 0 Å². The van der Waals surface area contributed by atoms with Crippen LogP contribution in [0.5, 0.6) is 0 Å². The summed E-state index contributed by atoms with van der Waals surface area (Å²) in [6.07, 6.45) is 0.619. The average molecular weight is 238 g/mol. The number of carboxylic acid groups (broad SMARTS) is 1. The van der Waals surface area contributed by atoms with E-state index in [0.29, 0.717) is 12.1 Å². The van der Waals surface area contributed by atoms with Crippen molar-refractivity contribution >= 4 is 17.3 Å². The molecule has 6 nitrogen and oxygen atoms in total. The van der Waals surface area contributed by atoms with Gasteiger partial charge >= 0.3 is 5.97 Å². The summed E-state index contributed by atoms with van der Waals surface area (Å²) in [7, 11) is 0. The molecule has 1 aromatic rings. The molecule has 0 saturated heterocycles. The van der Waals surface area contributed by atoms with E-state index in [0.717, 1.165) is 0 Å². The first-order valence-corrected chi connectivity index (χ1v) is 5.25. The lowest BCUT2D eigenvalue weighted by molar-refractivity contribution is -0.384. The molecule has 0 aromatic heterocycles.